The van der Waals surface area contributed by atoms with E-state index >= 15 is 0 Å². The molecule has 0 aliphatic carbocycles. The van der Waals surface area contributed by atoms with E-state index in [9.17, 15) is 13.2 Å². The van der Waals surface area contributed by atoms with Gasteiger partial charge < -0.3 is 5.32 Å². The van der Waals surface area contributed by atoms with Gasteiger partial charge in [0.1, 0.15) is 4.21 Å². The zero-order chi connectivity index (χ0) is 13.6. The van der Waals surface area contributed by atoms with E-state index in [-0.39, 0.29) is 10.1 Å². The molecular weight excluding hydrogens is 294 g/mol. The van der Waals surface area contributed by atoms with E-state index in [0.717, 1.165) is 35.5 Å². The van der Waals surface area contributed by atoms with Gasteiger partial charge in [0, 0.05) is 22.0 Å². The third-order valence-electron chi connectivity index (χ3n) is 2.34. The number of carbonyl (C=O) groups is 1. The molecule has 0 aromatic carbocycles. The van der Waals surface area contributed by atoms with Crippen LogP contribution in [0.4, 0.5) is 0 Å². The average Bonchev–Trinajstić information content (AvgIpc) is 2.75. The fourth-order valence-electron chi connectivity index (χ4n) is 1.39. The molecule has 0 unspecified atom stereocenters. The molecule has 1 heterocycles. The van der Waals surface area contributed by atoms with Crippen LogP contribution in [0.3, 0.4) is 0 Å². The topological polar surface area (TPSA) is 63.2 Å². The van der Waals surface area contributed by atoms with E-state index in [2.05, 4.69) is 12.2 Å². The highest BCUT2D eigenvalue weighted by atomic mass is 35.7. The highest BCUT2D eigenvalue weighted by Crippen LogP contribution is 2.24. The number of thiophene rings is 1. The van der Waals surface area contributed by atoms with Crippen molar-refractivity contribution in [2.45, 2.75) is 43.4 Å². The first-order chi connectivity index (χ1) is 8.43. The number of hydrogen-bond acceptors (Lipinski definition) is 4. The third-order valence-corrected chi connectivity index (χ3v) is 5.52. The lowest BCUT2D eigenvalue weighted by Crippen LogP contribution is -2.21. The van der Waals surface area contributed by atoms with Crippen molar-refractivity contribution in [3.05, 3.63) is 17.0 Å². The van der Waals surface area contributed by atoms with Gasteiger partial charge in [0.25, 0.3) is 9.05 Å². The summed E-state index contributed by atoms with van der Waals surface area (Å²) in [5, 5.41) is 2.76. The lowest BCUT2D eigenvalue weighted by molar-refractivity contribution is -0.121. The number of amides is 1. The second kappa shape index (κ2) is 7.11. The van der Waals surface area contributed by atoms with E-state index in [1.807, 2.05) is 0 Å². The lowest BCUT2D eigenvalue weighted by Gasteiger charge is -2.02. The van der Waals surface area contributed by atoms with E-state index in [1.165, 1.54) is 6.07 Å². The third kappa shape index (κ3) is 5.37. The van der Waals surface area contributed by atoms with Crippen LogP contribution in [-0.4, -0.2) is 14.3 Å². The SMILES string of the molecule is CCCCCC(=O)NCc1ccc(S(=O)(=O)Cl)s1. The van der Waals surface area contributed by atoms with E-state index in [1.54, 1.807) is 6.07 Å². The van der Waals surface area contributed by atoms with Gasteiger partial charge in [0.15, 0.2) is 0 Å². The Balaban J connectivity index is 2.40. The van der Waals surface area contributed by atoms with Crippen LogP contribution in [0.2, 0.25) is 0 Å². The number of nitrogens with one attached hydrogen (secondary N) is 1. The van der Waals surface area contributed by atoms with Crippen LogP contribution in [0.25, 0.3) is 0 Å². The van der Waals surface area contributed by atoms with Gasteiger partial charge in [-0.2, -0.15) is 0 Å². The molecule has 1 N–H and O–H groups in total. The smallest absolute Gasteiger partial charge is 0.270 e. The summed E-state index contributed by atoms with van der Waals surface area (Å²) in [5.74, 6) is -0.00729. The summed E-state index contributed by atoms with van der Waals surface area (Å²) >= 11 is 1.08. The van der Waals surface area contributed by atoms with Gasteiger partial charge >= 0.3 is 0 Å². The van der Waals surface area contributed by atoms with E-state index in [0.29, 0.717) is 13.0 Å². The Morgan fingerprint density at radius 1 is 1.39 bits per heavy atom. The maximum atomic E-state index is 11.4. The second-order valence-corrected chi connectivity index (χ2v) is 7.85. The van der Waals surface area contributed by atoms with Crippen LogP contribution in [-0.2, 0) is 20.4 Å². The molecular formula is C11H16ClNO3S2. The number of carbonyl (C=O) groups excluding carboxylic acids is 1. The summed E-state index contributed by atoms with van der Waals surface area (Å²) < 4.78 is 22.2. The lowest BCUT2D eigenvalue weighted by atomic mass is 10.2. The Morgan fingerprint density at radius 3 is 2.67 bits per heavy atom. The summed E-state index contributed by atoms with van der Waals surface area (Å²) in [6, 6.07) is 3.11. The van der Waals surface area contributed by atoms with Crippen molar-refractivity contribution in [1.29, 1.82) is 0 Å². The van der Waals surface area contributed by atoms with Crippen LogP contribution in [0.1, 0.15) is 37.5 Å². The summed E-state index contributed by atoms with van der Waals surface area (Å²) in [4.78, 5) is 12.2. The van der Waals surface area contributed by atoms with Crippen LogP contribution >= 0.6 is 22.0 Å². The van der Waals surface area contributed by atoms with Gasteiger partial charge in [0.2, 0.25) is 5.91 Å². The predicted octanol–water partition coefficient (Wildman–Crippen LogP) is 2.87. The summed E-state index contributed by atoms with van der Waals surface area (Å²) in [6.07, 6.45) is 3.52. The van der Waals surface area contributed by atoms with Gasteiger partial charge in [-0.15, -0.1) is 11.3 Å². The summed E-state index contributed by atoms with van der Waals surface area (Å²) in [5.41, 5.74) is 0. The monoisotopic (exact) mass is 309 g/mol. The molecule has 0 atom stereocenters. The minimum atomic E-state index is -3.66. The molecule has 0 spiro atoms. The van der Waals surface area contributed by atoms with Gasteiger partial charge in [-0.25, -0.2) is 8.42 Å². The van der Waals surface area contributed by atoms with Gasteiger partial charge in [-0.05, 0) is 18.6 Å². The molecule has 4 nitrogen and oxygen atoms in total. The Hall–Kier alpha value is -0.590. The van der Waals surface area contributed by atoms with Crippen molar-refractivity contribution < 1.29 is 13.2 Å². The first-order valence-corrected chi connectivity index (χ1v) is 8.86. The standard InChI is InChI=1S/C11H16ClNO3S2/c1-2-3-4-5-10(14)13-8-9-6-7-11(17-9)18(12,15)16/h6-7H,2-5,8H2,1H3,(H,13,14). The zero-order valence-corrected chi connectivity index (χ0v) is 12.5. The van der Waals surface area contributed by atoms with E-state index in [4.69, 9.17) is 10.7 Å². The summed E-state index contributed by atoms with van der Waals surface area (Å²) in [6.45, 7) is 2.43. The molecule has 0 saturated carbocycles. The molecule has 7 heteroatoms. The Kier molecular flexibility index (Phi) is 6.11. The Labute approximate surface area is 116 Å². The molecule has 0 fully saturated rings. The summed E-state index contributed by atoms with van der Waals surface area (Å²) in [7, 11) is 1.55. The van der Waals surface area contributed by atoms with Gasteiger partial charge in [0.05, 0.1) is 6.54 Å². The van der Waals surface area contributed by atoms with Crippen LogP contribution in [0, 0.1) is 0 Å². The Bertz CT molecular complexity index is 496. The van der Waals surface area contributed by atoms with Crippen LogP contribution in [0.5, 0.6) is 0 Å². The minimum absolute atomic E-state index is 0.00729. The molecule has 0 bridgehead atoms. The van der Waals surface area contributed by atoms with Crippen molar-refractivity contribution in [1.82, 2.24) is 5.32 Å². The molecule has 102 valence electrons. The average molecular weight is 310 g/mol. The number of halogens is 1. The first-order valence-electron chi connectivity index (χ1n) is 5.73. The number of rotatable bonds is 7. The molecule has 0 radical (unpaired) electrons. The first kappa shape index (κ1) is 15.5. The molecule has 1 rings (SSSR count). The maximum Gasteiger partial charge on any atom is 0.270 e. The molecule has 0 saturated heterocycles. The van der Waals surface area contributed by atoms with E-state index < -0.39 is 9.05 Å². The Morgan fingerprint density at radius 2 is 2.11 bits per heavy atom. The van der Waals surface area contributed by atoms with Crippen molar-refractivity contribution >= 4 is 37.0 Å². The van der Waals surface area contributed by atoms with Crippen molar-refractivity contribution in [3.63, 3.8) is 0 Å². The van der Waals surface area contributed by atoms with Crippen molar-refractivity contribution in [2.24, 2.45) is 0 Å². The molecule has 1 aromatic rings. The van der Waals surface area contributed by atoms with Crippen LogP contribution in [0.15, 0.2) is 16.3 Å². The maximum absolute atomic E-state index is 11.4. The van der Waals surface area contributed by atoms with Crippen LogP contribution < -0.4 is 5.32 Å². The van der Waals surface area contributed by atoms with Crippen molar-refractivity contribution in [2.75, 3.05) is 0 Å². The number of unbranched alkanes of at least 4 members (excludes halogenated alkanes) is 2. The second-order valence-electron chi connectivity index (χ2n) is 3.89. The minimum Gasteiger partial charge on any atom is -0.351 e. The van der Waals surface area contributed by atoms with Crippen molar-refractivity contribution in [3.8, 4) is 0 Å². The molecule has 0 aliphatic rings. The molecule has 0 aliphatic heterocycles. The van der Waals surface area contributed by atoms with Gasteiger partial charge in [-0.3, -0.25) is 4.79 Å². The fourth-order valence-corrected chi connectivity index (χ4v) is 3.46. The quantitative estimate of drug-likeness (QED) is 0.622. The largest absolute Gasteiger partial charge is 0.351 e. The number of hydrogen-bond donors (Lipinski definition) is 1. The molecule has 1 amide bonds. The molecule has 18 heavy (non-hydrogen) atoms. The zero-order valence-electron chi connectivity index (χ0n) is 10.1. The predicted molar refractivity (Wildman–Crippen MR) is 73.3 cm³/mol. The fraction of sp³-hybridized carbons (Fsp3) is 0.545. The normalized spacial score (nSPS) is 11.4. The highest BCUT2D eigenvalue weighted by Gasteiger charge is 2.13. The molecule has 1 aromatic heterocycles. The highest BCUT2D eigenvalue weighted by molar-refractivity contribution is 8.15. The van der Waals surface area contributed by atoms with Gasteiger partial charge in [-0.1, -0.05) is 19.8 Å².